The number of hydrogen-bond acceptors (Lipinski definition) is 4. The molecule has 1 aromatic rings. The molecule has 23 heavy (non-hydrogen) atoms. The highest BCUT2D eigenvalue weighted by Gasteiger charge is 2.21. The minimum Gasteiger partial charge on any atom is -0.351 e. The molecular weight excluding hydrogens is 294 g/mol. The summed E-state index contributed by atoms with van der Waals surface area (Å²) in [5.74, 6) is 1.92. The third kappa shape index (κ3) is 3.94. The molecular formula is C15H27N7O. The van der Waals surface area contributed by atoms with E-state index in [0.29, 0.717) is 6.54 Å². The average Bonchev–Trinajstić information content (AvgIpc) is 2.89. The molecule has 0 aromatic carbocycles. The van der Waals surface area contributed by atoms with Crippen LogP contribution in [0.2, 0.25) is 0 Å². The van der Waals surface area contributed by atoms with E-state index in [-0.39, 0.29) is 5.91 Å². The second kappa shape index (κ2) is 7.34. The molecule has 0 unspecified atom stereocenters. The molecule has 2 heterocycles. The Bertz CT molecular complexity index is 570. The van der Waals surface area contributed by atoms with Crippen molar-refractivity contribution in [2.75, 3.05) is 52.2 Å². The van der Waals surface area contributed by atoms with Crippen LogP contribution in [-0.4, -0.2) is 78.5 Å². The molecule has 0 radical (unpaired) electrons. The molecule has 1 aliphatic rings. The maximum atomic E-state index is 11.4. The van der Waals surface area contributed by atoms with E-state index < -0.39 is 0 Å². The summed E-state index contributed by atoms with van der Waals surface area (Å²) in [6.45, 7) is 5.37. The summed E-state index contributed by atoms with van der Waals surface area (Å²) in [4.78, 5) is 26.2. The van der Waals surface area contributed by atoms with Gasteiger partial charge in [0, 0.05) is 61.3 Å². The highest BCUT2D eigenvalue weighted by molar-refractivity contribution is 5.80. The van der Waals surface area contributed by atoms with Gasteiger partial charge in [-0.3, -0.25) is 9.79 Å². The van der Waals surface area contributed by atoms with Crippen LogP contribution in [0.25, 0.3) is 0 Å². The standard InChI is InChI=1S/C15H27N7O/c1-12(23)21-6-8-22(9-7-21)14(16-2)17-10-13-11-18-15(19(3)4)20(13)5/h11H,6-10H2,1-5H3,(H,16,17). The normalized spacial score (nSPS) is 15.8. The number of guanidine groups is 1. The van der Waals surface area contributed by atoms with Crippen molar-refractivity contribution in [3.05, 3.63) is 11.9 Å². The number of rotatable bonds is 3. The van der Waals surface area contributed by atoms with E-state index in [2.05, 4.69) is 24.8 Å². The third-order valence-electron chi connectivity index (χ3n) is 4.12. The zero-order valence-corrected chi connectivity index (χ0v) is 14.7. The first-order valence-corrected chi connectivity index (χ1v) is 7.83. The molecule has 1 fully saturated rings. The van der Waals surface area contributed by atoms with E-state index in [1.807, 2.05) is 37.1 Å². The number of aliphatic imine (C=N–C) groups is 1. The quantitative estimate of drug-likeness (QED) is 0.613. The molecule has 128 valence electrons. The zero-order valence-electron chi connectivity index (χ0n) is 14.7. The first-order chi connectivity index (χ1) is 10.9. The lowest BCUT2D eigenvalue weighted by atomic mass is 10.3. The van der Waals surface area contributed by atoms with Crippen molar-refractivity contribution in [1.29, 1.82) is 0 Å². The Kier molecular flexibility index (Phi) is 5.46. The molecule has 1 amide bonds. The summed E-state index contributed by atoms with van der Waals surface area (Å²) in [6, 6.07) is 0. The van der Waals surface area contributed by atoms with E-state index in [9.17, 15) is 4.79 Å². The van der Waals surface area contributed by atoms with Gasteiger partial charge in [-0.1, -0.05) is 0 Å². The second-order valence-electron chi connectivity index (χ2n) is 5.90. The van der Waals surface area contributed by atoms with Gasteiger partial charge in [-0.05, 0) is 0 Å². The number of nitrogens with one attached hydrogen (secondary N) is 1. The van der Waals surface area contributed by atoms with Crippen LogP contribution >= 0.6 is 0 Å². The van der Waals surface area contributed by atoms with Crippen LogP contribution in [0.15, 0.2) is 11.2 Å². The average molecular weight is 321 g/mol. The largest absolute Gasteiger partial charge is 0.351 e. The molecule has 1 saturated heterocycles. The van der Waals surface area contributed by atoms with Gasteiger partial charge >= 0.3 is 0 Å². The number of piperazine rings is 1. The van der Waals surface area contributed by atoms with Gasteiger partial charge in [0.25, 0.3) is 0 Å². The lowest BCUT2D eigenvalue weighted by molar-refractivity contribution is -0.130. The summed E-state index contributed by atoms with van der Waals surface area (Å²) in [5, 5.41) is 3.39. The van der Waals surface area contributed by atoms with Crippen LogP contribution in [0, 0.1) is 0 Å². The fraction of sp³-hybridized carbons (Fsp3) is 0.667. The first-order valence-electron chi connectivity index (χ1n) is 7.83. The summed E-state index contributed by atoms with van der Waals surface area (Å²) < 4.78 is 2.06. The van der Waals surface area contributed by atoms with Crippen molar-refractivity contribution in [2.24, 2.45) is 12.0 Å². The van der Waals surface area contributed by atoms with Crippen LogP contribution in [-0.2, 0) is 18.4 Å². The maximum Gasteiger partial charge on any atom is 0.219 e. The minimum atomic E-state index is 0.138. The highest BCUT2D eigenvalue weighted by atomic mass is 16.2. The monoisotopic (exact) mass is 321 g/mol. The number of amides is 1. The first kappa shape index (κ1) is 17.1. The third-order valence-corrected chi connectivity index (χ3v) is 4.12. The lowest BCUT2D eigenvalue weighted by Crippen LogP contribution is -2.53. The highest BCUT2D eigenvalue weighted by Crippen LogP contribution is 2.11. The second-order valence-corrected chi connectivity index (χ2v) is 5.90. The van der Waals surface area contributed by atoms with Crippen molar-refractivity contribution in [3.63, 3.8) is 0 Å². The smallest absolute Gasteiger partial charge is 0.219 e. The van der Waals surface area contributed by atoms with Gasteiger partial charge in [-0.2, -0.15) is 0 Å². The summed E-state index contributed by atoms with van der Waals surface area (Å²) in [5.41, 5.74) is 1.09. The molecule has 8 heteroatoms. The number of carbonyl (C=O) groups excluding carboxylic acids is 1. The van der Waals surface area contributed by atoms with Gasteiger partial charge in [-0.25, -0.2) is 4.98 Å². The Morgan fingerprint density at radius 2 is 1.91 bits per heavy atom. The Hall–Kier alpha value is -2.25. The Labute approximate surface area is 137 Å². The molecule has 1 aliphatic heterocycles. The molecule has 0 saturated carbocycles. The summed E-state index contributed by atoms with van der Waals surface area (Å²) in [6.07, 6.45) is 1.88. The van der Waals surface area contributed by atoms with E-state index in [0.717, 1.165) is 43.8 Å². The minimum absolute atomic E-state index is 0.138. The molecule has 0 spiro atoms. The van der Waals surface area contributed by atoms with Gasteiger partial charge in [0.15, 0.2) is 5.96 Å². The van der Waals surface area contributed by atoms with Gasteiger partial charge in [-0.15, -0.1) is 0 Å². The molecule has 8 nitrogen and oxygen atoms in total. The lowest BCUT2D eigenvalue weighted by Gasteiger charge is -2.36. The fourth-order valence-electron chi connectivity index (χ4n) is 2.75. The van der Waals surface area contributed by atoms with Crippen molar-refractivity contribution in [1.82, 2.24) is 24.7 Å². The van der Waals surface area contributed by atoms with Crippen LogP contribution in [0.3, 0.4) is 0 Å². The zero-order chi connectivity index (χ0) is 17.0. The van der Waals surface area contributed by atoms with Gasteiger partial charge in [0.2, 0.25) is 11.9 Å². The Morgan fingerprint density at radius 3 is 2.39 bits per heavy atom. The van der Waals surface area contributed by atoms with Crippen LogP contribution in [0.4, 0.5) is 5.95 Å². The predicted octanol–water partition coefficient (Wildman–Crippen LogP) is -0.274. The number of aromatic nitrogens is 2. The van der Waals surface area contributed by atoms with E-state index >= 15 is 0 Å². The number of imidazole rings is 1. The molecule has 0 aliphatic carbocycles. The van der Waals surface area contributed by atoms with Crippen LogP contribution < -0.4 is 10.2 Å². The van der Waals surface area contributed by atoms with Crippen molar-refractivity contribution >= 4 is 17.8 Å². The van der Waals surface area contributed by atoms with Crippen LogP contribution in [0.1, 0.15) is 12.6 Å². The van der Waals surface area contributed by atoms with Gasteiger partial charge in [0.05, 0.1) is 18.4 Å². The number of nitrogens with zero attached hydrogens (tertiary/aromatic N) is 6. The topological polar surface area (TPSA) is 69.0 Å². The molecule has 1 N–H and O–H groups in total. The fourth-order valence-corrected chi connectivity index (χ4v) is 2.75. The molecule has 0 atom stereocenters. The van der Waals surface area contributed by atoms with Crippen molar-refractivity contribution < 1.29 is 4.79 Å². The SMILES string of the molecule is CN=C(NCc1cnc(N(C)C)n1C)N1CCN(C(C)=O)CC1. The van der Waals surface area contributed by atoms with Gasteiger partial charge in [0.1, 0.15) is 0 Å². The Morgan fingerprint density at radius 1 is 1.30 bits per heavy atom. The number of hydrogen-bond donors (Lipinski definition) is 1. The van der Waals surface area contributed by atoms with Crippen LogP contribution in [0.5, 0.6) is 0 Å². The van der Waals surface area contributed by atoms with E-state index in [4.69, 9.17) is 0 Å². The molecule has 2 rings (SSSR count). The predicted molar refractivity (Wildman–Crippen MR) is 91.6 cm³/mol. The van der Waals surface area contributed by atoms with Crippen molar-refractivity contribution in [2.45, 2.75) is 13.5 Å². The maximum absolute atomic E-state index is 11.4. The van der Waals surface area contributed by atoms with Crippen molar-refractivity contribution in [3.8, 4) is 0 Å². The number of carbonyl (C=O) groups is 1. The van der Waals surface area contributed by atoms with Gasteiger partial charge < -0.3 is 24.6 Å². The molecule has 0 bridgehead atoms. The number of anilines is 1. The Balaban J connectivity index is 1.93. The summed E-state index contributed by atoms with van der Waals surface area (Å²) >= 11 is 0. The van der Waals surface area contributed by atoms with E-state index in [1.54, 1.807) is 14.0 Å². The molecule has 1 aromatic heterocycles. The summed E-state index contributed by atoms with van der Waals surface area (Å²) in [7, 11) is 7.75. The van der Waals surface area contributed by atoms with E-state index in [1.165, 1.54) is 0 Å².